The van der Waals surface area contributed by atoms with Crippen LogP contribution in [-0.4, -0.2) is 47.9 Å². The highest BCUT2D eigenvalue weighted by atomic mass is 79.9. The molecule has 1 N–H and O–H groups in total. The predicted molar refractivity (Wildman–Crippen MR) is 141 cm³/mol. The number of ketones is 1. The van der Waals surface area contributed by atoms with Crippen LogP contribution >= 0.6 is 15.9 Å². The summed E-state index contributed by atoms with van der Waals surface area (Å²) < 4.78 is 7.11. The quantitative estimate of drug-likeness (QED) is 0.566. The van der Waals surface area contributed by atoms with Crippen molar-refractivity contribution in [1.29, 1.82) is 0 Å². The van der Waals surface area contributed by atoms with E-state index in [1.165, 1.54) is 11.1 Å². The smallest absolute Gasteiger partial charge is 0.283 e. The second kappa shape index (κ2) is 9.69. The Hall–Kier alpha value is -2.19. The van der Waals surface area contributed by atoms with E-state index in [1.54, 1.807) is 6.20 Å². The van der Waals surface area contributed by atoms with Gasteiger partial charge < -0.3 is 15.0 Å². The molecule has 0 radical (unpaired) electrons. The Labute approximate surface area is 215 Å². The van der Waals surface area contributed by atoms with E-state index in [0.29, 0.717) is 33.5 Å². The SMILES string of the molecule is C[C@H]1[C@H](Nc2cnn(CC(=O)Cc3ccc(N4CCOCC4)cc3)c(=O)c2Br)C[C@H]2C[C@@H]1C2(C)C. The van der Waals surface area contributed by atoms with E-state index in [0.717, 1.165) is 49.9 Å². The molecule has 3 saturated carbocycles. The van der Waals surface area contributed by atoms with Gasteiger partial charge in [0.1, 0.15) is 11.0 Å². The molecule has 1 saturated heterocycles. The number of hydrogen-bond donors (Lipinski definition) is 1. The fraction of sp³-hybridized carbons (Fsp3) is 0.593. The first-order chi connectivity index (χ1) is 16.7. The largest absolute Gasteiger partial charge is 0.380 e. The third kappa shape index (κ3) is 4.79. The summed E-state index contributed by atoms with van der Waals surface area (Å²) in [6.07, 6.45) is 4.37. The minimum absolute atomic E-state index is 0.0406. The molecule has 188 valence electrons. The van der Waals surface area contributed by atoms with Gasteiger partial charge in [-0.2, -0.15) is 5.10 Å². The van der Waals surface area contributed by atoms with E-state index in [9.17, 15) is 9.59 Å². The molecule has 4 fully saturated rings. The van der Waals surface area contributed by atoms with Crippen molar-refractivity contribution in [2.45, 2.75) is 52.6 Å². The molecule has 6 rings (SSSR count). The fourth-order valence-electron chi connectivity index (χ4n) is 6.32. The fourth-order valence-corrected chi connectivity index (χ4v) is 6.74. The molecule has 4 aliphatic rings. The number of halogens is 1. The van der Waals surface area contributed by atoms with E-state index in [4.69, 9.17) is 4.74 Å². The van der Waals surface area contributed by atoms with Crippen molar-refractivity contribution in [2.24, 2.45) is 23.2 Å². The number of Topliss-reactive ketones (excluding diaryl/α,β-unsaturated/α-hetero) is 1. The zero-order valence-corrected chi connectivity index (χ0v) is 22.4. The molecule has 2 aromatic rings. The zero-order chi connectivity index (χ0) is 24.7. The Morgan fingerprint density at radius 2 is 1.91 bits per heavy atom. The predicted octanol–water partition coefficient (Wildman–Crippen LogP) is 4.14. The second-order valence-corrected chi connectivity index (χ2v) is 11.8. The number of anilines is 2. The summed E-state index contributed by atoms with van der Waals surface area (Å²) in [6.45, 7) is 10.3. The van der Waals surface area contributed by atoms with Gasteiger partial charge in [-0.05, 0) is 69.6 Å². The first kappa shape index (κ1) is 24.5. The molecular weight excluding hydrogens is 508 g/mol. The van der Waals surface area contributed by atoms with Crippen molar-refractivity contribution in [1.82, 2.24) is 9.78 Å². The summed E-state index contributed by atoms with van der Waals surface area (Å²) in [4.78, 5) is 27.9. The number of nitrogens with zero attached hydrogens (tertiary/aromatic N) is 3. The molecular formula is C27H35BrN4O3. The number of aromatic nitrogens is 2. The van der Waals surface area contributed by atoms with Crippen LogP contribution in [0.15, 0.2) is 39.7 Å². The average molecular weight is 544 g/mol. The molecule has 4 atom stereocenters. The molecule has 2 bridgehead atoms. The molecule has 0 unspecified atom stereocenters. The molecule has 1 aliphatic heterocycles. The Morgan fingerprint density at radius 1 is 1.20 bits per heavy atom. The standard InChI is InChI=1S/C27H35BrN4O3/c1-17-22-13-19(27(22,2)3)14-23(17)30-24-15-29-32(26(34)25(24)28)16-21(33)12-18-4-6-20(7-5-18)31-8-10-35-11-9-31/h4-7,15,17,19,22-23,30H,8-14,16H2,1-3H3/t17-,19-,22+,23-/m1/s1. The lowest BCUT2D eigenvalue weighted by molar-refractivity contribution is -0.119. The lowest BCUT2D eigenvalue weighted by Crippen LogP contribution is -2.58. The van der Waals surface area contributed by atoms with Gasteiger partial charge in [0, 0.05) is 31.2 Å². The lowest BCUT2D eigenvalue weighted by atomic mass is 9.45. The van der Waals surface area contributed by atoms with Gasteiger partial charge in [0.25, 0.3) is 5.56 Å². The molecule has 2 heterocycles. The number of rotatable bonds is 7. The van der Waals surface area contributed by atoms with Crippen molar-refractivity contribution in [3.63, 3.8) is 0 Å². The summed E-state index contributed by atoms with van der Waals surface area (Å²) in [7, 11) is 0. The summed E-state index contributed by atoms with van der Waals surface area (Å²) in [6, 6.07) is 8.40. The van der Waals surface area contributed by atoms with Crippen LogP contribution in [0.4, 0.5) is 11.4 Å². The van der Waals surface area contributed by atoms with Crippen LogP contribution in [0.1, 0.15) is 39.2 Å². The number of carbonyl (C=O) groups excluding carboxylic acids is 1. The molecule has 1 aromatic carbocycles. The van der Waals surface area contributed by atoms with Crippen LogP contribution in [0, 0.1) is 23.2 Å². The Kier molecular flexibility index (Phi) is 6.79. The number of fused-ring (bicyclic) bond motifs is 2. The highest BCUT2D eigenvalue weighted by molar-refractivity contribution is 9.10. The van der Waals surface area contributed by atoms with Crippen molar-refractivity contribution >= 4 is 33.1 Å². The maximum Gasteiger partial charge on any atom is 0.283 e. The maximum absolute atomic E-state index is 12.9. The minimum atomic E-state index is -0.278. The summed E-state index contributed by atoms with van der Waals surface area (Å²) in [5, 5.41) is 7.89. The second-order valence-electron chi connectivity index (χ2n) is 11.0. The van der Waals surface area contributed by atoms with Crippen molar-refractivity contribution < 1.29 is 9.53 Å². The summed E-state index contributed by atoms with van der Waals surface area (Å²) in [5.41, 5.74) is 2.93. The lowest BCUT2D eigenvalue weighted by Gasteiger charge is -2.62. The van der Waals surface area contributed by atoms with Gasteiger partial charge in [0.15, 0.2) is 5.78 Å². The third-order valence-corrected chi connectivity index (χ3v) is 9.49. The van der Waals surface area contributed by atoms with Crippen LogP contribution in [-0.2, 0) is 22.5 Å². The van der Waals surface area contributed by atoms with Crippen LogP contribution in [0.5, 0.6) is 0 Å². The summed E-state index contributed by atoms with van der Waals surface area (Å²) >= 11 is 3.47. The summed E-state index contributed by atoms with van der Waals surface area (Å²) in [5.74, 6) is 1.94. The molecule has 0 spiro atoms. The molecule has 3 aliphatic carbocycles. The first-order valence-corrected chi connectivity index (χ1v) is 13.5. The third-order valence-electron chi connectivity index (χ3n) is 8.72. The number of benzene rings is 1. The normalized spacial score (nSPS) is 27.3. The molecule has 1 aromatic heterocycles. The monoisotopic (exact) mass is 542 g/mol. The number of carbonyl (C=O) groups is 1. The van der Waals surface area contributed by atoms with Gasteiger partial charge >= 0.3 is 0 Å². The minimum Gasteiger partial charge on any atom is -0.380 e. The maximum atomic E-state index is 12.9. The van der Waals surface area contributed by atoms with Crippen molar-refractivity contribution in [3.8, 4) is 0 Å². The van der Waals surface area contributed by atoms with Crippen LogP contribution < -0.4 is 15.8 Å². The number of hydrogen-bond acceptors (Lipinski definition) is 6. The van der Waals surface area contributed by atoms with Gasteiger partial charge in [0.05, 0.1) is 25.1 Å². The average Bonchev–Trinajstić information content (AvgIpc) is 2.85. The van der Waals surface area contributed by atoms with Gasteiger partial charge in [0.2, 0.25) is 0 Å². The van der Waals surface area contributed by atoms with Crippen molar-refractivity contribution in [3.05, 3.63) is 50.9 Å². The number of morpholine rings is 1. The first-order valence-electron chi connectivity index (χ1n) is 12.7. The number of ether oxygens (including phenoxy) is 1. The highest BCUT2D eigenvalue weighted by Gasteiger charge is 2.56. The molecule has 0 amide bonds. The van der Waals surface area contributed by atoms with E-state index in [-0.39, 0.29) is 24.3 Å². The van der Waals surface area contributed by atoms with Gasteiger partial charge in [-0.15, -0.1) is 0 Å². The molecule has 35 heavy (non-hydrogen) atoms. The van der Waals surface area contributed by atoms with Crippen molar-refractivity contribution in [2.75, 3.05) is 36.5 Å². The van der Waals surface area contributed by atoms with E-state index < -0.39 is 0 Å². The Morgan fingerprint density at radius 3 is 2.57 bits per heavy atom. The van der Waals surface area contributed by atoms with Crippen LogP contribution in [0.3, 0.4) is 0 Å². The topological polar surface area (TPSA) is 76.5 Å². The number of nitrogens with one attached hydrogen (secondary N) is 1. The van der Waals surface area contributed by atoms with E-state index >= 15 is 0 Å². The van der Waals surface area contributed by atoms with Gasteiger partial charge in [-0.3, -0.25) is 9.59 Å². The van der Waals surface area contributed by atoms with E-state index in [1.807, 2.05) is 24.3 Å². The van der Waals surface area contributed by atoms with Gasteiger partial charge in [-0.1, -0.05) is 32.9 Å². The van der Waals surface area contributed by atoms with Crippen LogP contribution in [0.2, 0.25) is 0 Å². The molecule has 7 nitrogen and oxygen atoms in total. The van der Waals surface area contributed by atoms with Gasteiger partial charge in [-0.25, -0.2) is 4.68 Å². The highest BCUT2D eigenvalue weighted by Crippen LogP contribution is 2.61. The molecule has 8 heteroatoms. The van der Waals surface area contributed by atoms with E-state index in [2.05, 4.69) is 52.0 Å². The Balaban J connectivity index is 1.20. The zero-order valence-electron chi connectivity index (χ0n) is 20.8. The Bertz CT molecular complexity index is 1140. The van der Waals surface area contributed by atoms with Crippen LogP contribution in [0.25, 0.3) is 0 Å².